The number of nitrogens with zero attached hydrogens (tertiary/aromatic N) is 3. The molecule has 1 saturated heterocycles. The third kappa shape index (κ3) is 4.05. The molecule has 2 fully saturated rings. The summed E-state index contributed by atoms with van der Waals surface area (Å²) < 4.78 is 5.79. The molecule has 4 rings (SSSR count). The zero-order chi connectivity index (χ0) is 18.8. The molecule has 3 heterocycles. The van der Waals surface area contributed by atoms with Crippen LogP contribution in [0.2, 0.25) is 5.28 Å². The van der Waals surface area contributed by atoms with Gasteiger partial charge in [0, 0.05) is 19.6 Å². The number of anilines is 1. The van der Waals surface area contributed by atoms with E-state index in [0.29, 0.717) is 4.88 Å². The Morgan fingerprint density at radius 1 is 1.19 bits per heavy atom. The SMILES string of the molecule is Cc1c(C(=O)OC2CCCCC2)sc2nc(Cl)nc(N3CCCNCC3)c12. The van der Waals surface area contributed by atoms with E-state index >= 15 is 0 Å². The van der Waals surface area contributed by atoms with Crippen LogP contribution in [0.25, 0.3) is 10.2 Å². The first-order valence-corrected chi connectivity index (χ1v) is 11.0. The molecule has 0 bridgehead atoms. The van der Waals surface area contributed by atoms with Gasteiger partial charge in [0.25, 0.3) is 0 Å². The lowest BCUT2D eigenvalue weighted by molar-refractivity contribution is 0.0216. The van der Waals surface area contributed by atoms with Crippen LogP contribution in [0, 0.1) is 6.92 Å². The zero-order valence-corrected chi connectivity index (χ0v) is 17.2. The van der Waals surface area contributed by atoms with Crippen molar-refractivity contribution in [2.75, 3.05) is 31.1 Å². The number of carbonyl (C=O) groups is 1. The molecule has 2 aromatic rings. The number of hydrogen-bond donors (Lipinski definition) is 1. The van der Waals surface area contributed by atoms with Gasteiger partial charge in [-0.25, -0.2) is 9.78 Å². The van der Waals surface area contributed by atoms with Crippen molar-refractivity contribution >= 4 is 44.9 Å². The topological polar surface area (TPSA) is 67.3 Å². The van der Waals surface area contributed by atoms with Crippen LogP contribution in [0.5, 0.6) is 0 Å². The first kappa shape index (κ1) is 18.9. The highest BCUT2D eigenvalue weighted by Gasteiger charge is 2.26. The summed E-state index contributed by atoms with van der Waals surface area (Å²) in [5.74, 6) is 0.598. The van der Waals surface area contributed by atoms with Gasteiger partial charge in [-0.05, 0) is 62.7 Å². The van der Waals surface area contributed by atoms with Crippen LogP contribution in [0.3, 0.4) is 0 Å². The van der Waals surface area contributed by atoms with Gasteiger partial charge in [0.15, 0.2) is 0 Å². The van der Waals surface area contributed by atoms with Gasteiger partial charge in [0.2, 0.25) is 5.28 Å². The molecule has 1 N–H and O–H groups in total. The van der Waals surface area contributed by atoms with Crippen LogP contribution in [-0.4, -0.2) is 48.2 Å². The van der Waals surface area contributed by atoms with Crippen LogP contribution in [0.15, 0.2) is 0 Å². The average Bonchev–Trinajstić information content (AvgIpc) is 2.85. The van der Waals surface area contributed by atoms with E-state index in [9.17, 15) is 4.79 Å². The normalized spacial score (nSPS) is 19.3. The van der Waals surface area contributed by atoms with Gasteiger partial charge >= 0.3 is 5.97 Å². The molecule has 0 radical (unpaired) electrons. The highest BCUT2D eigenvalue weighted by Crippen LogP contribution is 2.37. The van der Waals surface area contributed by atoms with Crippen LogP contribution < -0.4 is 10.2 Å². The summed E-state index contributed by atoms with van der Waals surface area (Å²) in [6, 6.07) is 0. The van der Waals surface area contributed by atoms with Gasteiger partial charge in [-0.2, -0.15) is 4.98 Å². The Hall–Kier alpha value is -1.44. The fourth-order valence-electron chi connectivity index (χ4n) is 3.96. The number of rotatable bonds is 3. The number of esters is 1. The van der Waals surface area contributed by atoms with E-state index in [4.69, 9.17) is 16.3 Å². The van der Waals surface area contributed by atoms with Gasteiger partial charge in [-0.3, -0.25) is 0 Å². The lowest BCUT2D eigenvalue weighted by atomic mass is 9.98. The third-order valence-corrected chi connectivity index (χ3v) is 6.73. The van der Waals surface area contributed by atoms with Gasteiger partial charge in [0.05, 0.1) is 5.39 Å². The Morgan fingerprint density at radius 2 is 2.00 bits per heavy atom. The lowest BCUT2D eigenvalue weighted by Crippen LogP contribution is -2.29. The van der Waals surface area contributed by atoms with Crippen molar-refractivity contribution in [2.24, 2.45) is 0 Å². The Kier molecular flexibility index (Phi) is 5.80. The number of halogens is 1. The summed E-state index contributed by atoms with van der Waals surface area (Å²) in [5, 5.41) is 4.56. The maximum absolute atomic E-state index is 12.8. The van der Waals surface area contributed by atoms with Crippen molar-refractivity contribution in [3.8, 4) is 0 Å². The Bertz CT molecular complexity index is 827. The van der Waals surface area contributed by atoms with Crippen molar-refractivity contribution in [3.05, 3.63) is 15.7 Å². The highest BCUT2D eigenvalue weighted by atomic mass is 35.5. The maximum Gasteiger partial charge on any atom is 0.348 e. The van der Waals surface area contributed by atoms with Crippen molar-refractivity contribution in [1.82, 2.24) is 15.3 Å². The highest BCUT2D eigenvalue weighted by molar-refractivity contribution is 7.20. The number of thiophene rings is 1. The first-order valence-electron chi connectivity index (χ1n) is 9.77. The van der Waals surface area contributed by atoms with Gasteiger partial charge in [0.1, 0.15) is 21.6 Å². The van der Waals surface area contributed by atoms with Crippen LogP contribution in [-0.2, 0) is 4.74 Å². The molecule has 1 saturated carbocycles. The van der Waals surface area contributed by atoms with Crippen molar-refractivity contribution in [1.29, 1.82) is 0 Å². The second-order valence-corrected chi connectivity index (χ2v) is 8.65. The smallest absolute Gasteiger partial charge is 0.348 e. The summed E-state index contributed by atoms with van der Waals surface area (Å²) >= 11 is 7.57. The number of fused-ring (bicyclic) bond motifs is 1. The zero-order valence-electron chi connectivity index (χ0n) is 15.6. The van der Waals surface area contributed by atoms with E-state index in [2.05, 4.69) is 20.2 Å². The van der Waals surface area contributed by atoms with E-state index in [1.54, 1.807) is 0 Å². The predicted molar refractivity (Wildman–Crippen MR) is 109 cm³/mol. The second kappa shape index (κ2) is 8.29. The molecule has 8 heteroatoms. The van der Waals surface area contributed by atoms with Crippen LogP contribution >= 0.6 is 22.9 Å². The minimum absolute atomic E-state index is 0.0432. The molecule has 0 aromatic carbocycles. The summed E-state index contributed by atoms with van der Waals surface area (Å²) in [4.78, 5) is 25.4. The molecular weight excluding hydrogens is 384 g/mol. The Morgan fingerprint density at radius 3 is 2.81 bits per heavy atom. The molecule has 1 aliphatic heterocycles. The lowest BCUT2D eigenvalue weighted by Gasteiger charge is -2.22. The summed E-state index contributed by atoms with van der Waals surface area (Å²) in [6.45, 7) is 5.64. The molecule has 27 heavy (non-hydrogen) atoms. The van der Waals surface area contributed by atoms with Crippen LogP contribution in [0.4, 0.5) is 5.82 Å². The molecule has 0 unspecified atom stereocenters. The van der Waals surface area contributed by atoms with E-state index in [-0.39, 0.29) is 17.4 Å². The Balaban J connectivity index is 1.67. The van der Waals surface area contributed by atoms with Crippen molar-refractivity contribution < 1.29 is 9.53 Å². The first-order chi connectivity index (χ1) is 13.1. The number of nitrogens with one attached hydrogen (secondary N) is 1. The molecular formula is C19H25ClN4O2S. The standard InChI is InChI=1S/C19H25ClN4O2S/c1-12-14-16(24-10-5-8-21-9-11-24)22-19(20)23-17(14)27-15(12)18(25)26-13-6-3-2-4-7-13/h13,21H,2-11H2,1H3. The summed E-state index contributed by atoms with van der Waals surface area (Å²) in [7, 11) is 0. The number of aromatic nitrogens is 2. The second-order valence-electron chi connectivity index (χ2n) is 7.31. The van der Waals surface area contributed by atoms with Crippen LogP contribution in [0.1, 0.15) is 53.8 Å². The maximum atomic E-state index is 12.8. The molecule has 0 amide bonds. The largest absolute Gasteiger partial charge is 0.458 e. The minimum Gasteiger partial charge on any atom is -0.458 e. The van der Waals surface area contributed by atoms with Crippen molar-refractivity contribution in [2.45, 2.75) is 51.6 Å². The number of hydrogen-bond acceptors (Lipinski definition) is 7. The number of aryl methyl sites for hydroxylation is 1. The van der Waals surface area contributed by atoms with Gasteiger partial charge < -0.3 is 15.0 Å². The van der Waals surface area contributed by atoms with Crippen molar-refractivity contribution in [3.63, 3.8) is 0 Å². The minimum atomic E-state index is -0.234. The van der Waals surface area contributed by atoms with E-state index in [1.807, 2.05) is 6.92 Å². The van der Waals surface area contributed by atoms with E-state index in [0.717, 1.165) is 79.9 Å². The molecule has 1 aliphatic carbocycles. The molecule has 2 aliphatic rings. The molecule has 2 aromatic heterocycles. The van der Waals surface area contributed by atoms with Gasteiger partial charge in [-0.1, -0.05) is 6.42 Å². The molecule has 0 atom stereocenters. The summed E-state index contributed by atoms with van der Waals surface area (Å²) in [5.41, 5.74) is 0.902. The fraction of sp³-hybridized carbons (Fsp3) is 0.632. The van der Waals surface area contributed by atoms with E-state index < -0.39 is 0 Å². The molecule has 0 spiro atoms. The monoisotopic (exact) mass is 408 g/mol. The Labute approximate surface area is 168 Å². The quantitative estimate of drug-likeness (QED) is 0.612. The predicted octanol–water partition coefficient (Wildman–Crippen LogP) is 3.94. The molecule has 146 valence electrons. The fourth-order valence-corrected chi connectivity index (χ4v) is 5.23. The molecule has 6 nitrogen and oxygen atoms in total. The average molecular weight is 409 g/mol. The number of carbonyl (C=O) groups excluding carboxylic acids is 1. The summed E-state index contributed by atoms with van der Waals surface area (Å²) in [6.07, 6.45) is 6.53. The van der Waals surface area contributed by atoms with Gasteiger partial charge in [-0.15, -0.1) is 11.3 Å². The number of ether oxygens (including phenoxy) is 1. The van der Waals surface area contributed by atoms with E-state index in [1.165, 1.54) is 17.8 Å². The third-order valence-electron chi connectivity index (χ3n) is 5.39.